The summed E-state index contributed by atoms with van der Waals surface area (Å²) in [5.74, 6) is 1.51. The van der Waals surface area contributed by atoms with Gasteiger partial charge in [0.25, 0.3) is 5.91 Å². The lowest BCUT2D eigenvalue weighted by atomic mass is 9.96. The van der Waals surface area contributed by atoms with Crippen LogP contribution >= 0.6 is 0 Å². The molecule has 1 saturated heterocycles. The normalized spacial score (nSPS) is 20.4. The molecule has 1 fully saturated rings. The summed E-state index contributed by atoms with van der Waals surface area (Å²) >= 11 is 0. The first-order valence-electron chi connectivity index (χ1n) is 7.38. The molecule has 0 radical (unpaired) electrons. The van der Waals surface area contributed by atoms with Crippen LogP contribution < -0.4 is 4.74 Å². The number of fused-ring (bicyclic) bond motifs is 1. The van der Waals surface area contributed by atoms with Gasteiger partial charge < -0.3 is 14.1 Å². The Hall–Kier alpha value is -2.23. The largest absolute Gasteiger partial charge is 0.493 e. The lowest BCUT2D eigenvalue weighted by molar-refractivity contribution is 0.0790. The second-order valence-corrected chi connectivity index (χ2v) is 5.71. The fraction of sp³-hybridized carbons (Fsp3) is 0.353. The van der Waals surface area contributed by atoms with Crippen molar-refractivity contribution in [2.45, 2.75) is 18.8 Å². The fourth-order valence-corrected chi connectivity index (χ4v) is 3.25. The molecule has 4 rings (SSSR count). The number of benzene rings is 1. The molecule has 0 N–H and O–H groups in total. The summed E-state index contributed by atoms with van der Waals surface area (Å²) in [5.41, 5.74) is 3.26. The zero-order valence-electron chi connectivity index (χ0n) is 11.7. The van der Waals surface area contributed by atoms with E-state index in [1.54, 1.807) is 12.3 Å². The summed E-state index contributed by atoms with van der Waals surface area (Å²) in [5, 5.41) is 0. The number of hydrogen-bond donors (Lipinski definition) is 0. The van der Waals surface area contributed by atoms with Crippen LogP contribution in [0, 0.1) is 0 Å². The number of ether oxygens (including phenoxy) is 1. The number of rotatable bonds is 2. The van der Waals surface area contributed by atoms with Gasteiger partial charge in [0.1, 0.15) is 12.0 Å². The van der Waals surface area contributed by atoms with E-state index in [9.17, 15) is 4.79 Å². The van der Waals surface area contributed by atoms with E-state index < -0.39 is 0 Å². The average Bonchev–Trinajstić information content (AvgIpc) is 3.25. The summed E-state index contributed by atoms with van der Waals surface area (Å²) in [4.78, 5) is 14.2. The molecule has 0 aliphatic carbocycles. The van der Waals surface area contributed by atoms with Crippen LogP contribution in [0.3, 0.4) is 0 Å². The predicted molar refractivity (Wildman–Crippen MR) is 77.6 cm³/mol. The minimum Gasteiger partial charge on any atom is -0.493 e. The third-order valence-electron chi connectivity index (χ3n) is 4.43. The van der Waals surface area contributed by atoms with Gasteiger partial charge in [-0.15, -0.1) is 0 Å². The highest BCUT2D eigenvalue weighted by Crippen LogP contribution is 2.33. The Morgan fingerprint density at radius 3 is 3.10 bits per heavy atom. The third kappa shape index (κ3) is 2.20. The molecule has 2 aromatic rings. The number of nitrogens with zero attached hydrogens (tertiary/aromatic N) is 1. The van der Waals surface area contributed by atoms with E-state index in [1.807, 2.05) is 4.90 Å². The van der Waals surface area contributed by atoms with Crippen LogP contribution in [0.5, 0.6) is 5.75 Å². The van der Waals surface area contributed by atoms with E-state index in [2.05, 4.69) is 18.2 Å². The number of furan rings is 1. The van der Waals surface area contributed by atoms with Gasteiger partial charge in [0.2, 0.25) is 0 Å². The van der Waals surface area contributed by atoms with E-state index in [1.165, 1.54) is 17.4 Å². The molecule has 108 valence electrons. The van der Waals surface area contributed by atoms with Crippen molar-refractivity contribution >= 4 is 5.91 Å². The Kier molecular flexibility index (Phi) is 2.95. The topological polar surface area (TPSA) is 42.7 Å². The number of carbonyl (C=O) groups excluding carboxylic acids is 1. The molecule has 1 aromatic heterocycles. The van der Waals surface area contributed by atoms with Gasteiger partial charge in [-0.1, -0.05) is 12.1 Å². The van der Waals surface area contributed by atoms with Gasteiger partial charge in [-0.05, 0) is 29.7 Å². The summed E-state index contributed by atoms with van der Waals surface area (Å²) in [6.45, 7) is 2.38. The van der Waals surface area contributed by atoms with Crippen LogP contribution in [0.2, 0.25) is 0 Å². The monoisotopic (exact) mass is 283 g/mol. The van der Waals surface area contributed by atoms with Crippen LogP contribution in [0.15, 0.2) is 41.2 Å². The van der Waals surface area contributed by atoms with E-state index in [4.69, 9.17) is 9.15 Å². The van der Waals surface area contributed by atoms with Gasteiger partial charge >= 0.3 is 0 Å². The Morgan fingerprint density at radius 2 is 2.24 bits per heavy atom. The molecule has 21 heavy (non-hydrogen) atoms. The molecule has 4 nitrogen and oxygen atoms in total. The first-order valence-corrected chi connectivity index (χ1v) is 7.38. The molecule has 0 bridgehead atoms. The van der Waals surface area contributed by atoms with Gasteiger partial charge in [-0.3, -0.25) is 4.79 Å². The maximum Gasteiger partial charge on any atom is 0.257 e. The maximum atomic E-state index is 12.3. The van der Waals surface area contributed by atoms with Crippen molar-refractivity contribution in [3.63, 3.8) is 0 Å². The number of hydrogen-bond acceptors (Lipinski definition) is 3. The van der Waals surface area contributed by atoms with Crippen molar-refractivity contribution in [1.82, 2.24) is 4.90 Å². The van der Waals surface area contributed by atoms with E-state index in [-0.39, 0.29) is 5.91 Å². The van der Waals surface area contributed by atoms with Crippen LogP contribution in [0.25, 0.3) is 0 Å². The van der Waals surface area contributed by atoms with Gasteiger partial charge in [0, 0.05) is 25.4 Å². The minimum absolute atomic E-state index is 0.0655. The van der Waals surface area contributed by atoms with E-state index >= 15 is 0 Å². The van der Waals surface area contributed by atoms with Crippen molar-refractivity contribution in [2.24, 2.45) is 0 Å². The molecule has 0 spiro atoms. The lowest BCUT2D eigenvalue weighted by Gasteiger charge is -2.16. The molecule has 1 aromatic carbocycles. The van der Waals surface area contributed by atoms with Crippen molar-refractivity contribution < 1.29 is 13.9 Å². The summed E-state index contributed by atoms with van der Waals surface area (Å²) in [6, 6.07) is 8.18. The zero-order chi connectivity index (χ0) is 14.2. The quantitative estimate of drug-likeness (QED) is 0.851. The molecule has 3 heterocycles. The fourth-order valence-electron chi connectivity index (χ4n) is 3.25. The van der Waals surface area contributed by atoms with Gasteiger partial charge in [-0.2, -0.15) is 0 Å². The van der Waals surface area contributed by atoms with Gasteiger partial charge in [0.05, 0.1) is 18.4 Å². The molecule has 1 atom stereocenters. The average molecular weight is 283 g/mol. The Labute approximate surface area is 123 Å². The third-order valence-corrected chi connectivity index (χ3v) is 4.43. The van der Waals surface area contributed by atoms with Crippen molar-refractivity contribution in [3.05, 3.63) is 53.5 Å². The highest BCUT2D eigenvalue weighted by Gasteiger charge is 2.29. The second-order valence-electron chi connectivity index (χ2n) is 5.71. The molecule has 0 saturated carbocycles. The standard InChI is InChI=1S/C17H17NO3/c19-17(15-4-7-20-11-15)18-6-3-14(10-18)12-1-2-16-13(9-12)5-8-21-16/h1-2,4,7,9,11,14H,3,5-6,8,10H2. The van der Waals surface area contributed by atoms with Crippen LogP contribution in [0.1, 0.15) is 33.8 Å². The van der Waals surface area contributed by atoms with E-state index in [0.717, 1.165) is 38.3 Å². The van der Waals surface area contributed by atoms with Gasteiger partial charge in [-0.25, -0.2) is 0 Å². The number of carbonyl (C=O) groups is 1. The molecule has 2 aliphatic rings. The number of likely N-dealkylation sites (tertiary alicyclic amines) is 1. The molecule has 4 heteroatoms. The second kappa shape index (κ2) is 4.95. The molecule has 1 unspecified atom stereocenters. The van der Waals surface area contributed by atoms with Crippen LogP contribution in [0.4, 0.5) is 0 Å². The summed E-state index contributed by atoms with van der Waals surface area (Å²) < 4.78 is 10.5. The Balaban J connectivity index is 1.50. The summed E-state index contributed by atoms with van der Waals surface area (Å²) in [6.07, 6.45) is 5.07. The zero-order valence-corrected chi connectivity index (χ0v) is 11.7. The van der Waals surface area contributed by atoms with Crippen LogP contribution in [-0.4, -0.2) is 30.5 Å². The first kappa shape index (κ1) is 12.5. The summed E-state index contributed by atoms with van der Waals surface area (Å²) in [7, 11) is 0. The molecule has 1 amide bonds. The first-order chi connectivity index (χ1) is 10.3. The van der Waals surface area contributed by atoms with Crippen molar-refractivity contribution in [1.29, 1.82) is 0 Å². The van der Waals surface area contributed by atoms with Crippen molar-refractivity contribution in [3.8, 4) is 5.75 Å². The Morgan fingerprint density at radius 1 is 1.29 bits per heavy atom. The Bertz CT molecular complexity index is 663. The van der Waals surface area contributed by atoms with E-state index in [0.29, 0.717) is 11.5 Å². The maximum absolute atomic E-state index is 12.3. The molecule has 2 aliphatic heterocycles. The SMILES string of the molecule is O=C(c1ccoc1)N1CCC(c2ccc3c(c2)CCO3)C1. The predicted octanol–water partition coefficient (Wildman–Crippen LogP) is 2.84. The van der Waals surface area contributed by atoms with Gasteiger partial charge in [0.15, 0.2) is 0 Å². The minimum atomic E-state index is 0.0655. The highest BCUT2D eigenvalue weighted by molar-refractivity contribution is 5.94. The van der Waals surface area contributed by atoms with Crippen molar-refractivity contribution in [2.75, 3.05) is 19.7 Å². The highest BCUT2D eigenvalue weighted by atomic mass is 16.5. The molecular formula is C17H17NO3. The smallest absolute Gasteiger partial charge is 0.257 e. The van der Waals surface area contributed by atoms with Crippen LogP contribution in [-0.2, 0) is 6.42 Å². The number of amides is 1. The molecular weight excluding hydrogens is 266 g/mol. The lowest BCUT2D eigenvalue weighted by Crippen LogP contribution is -2.28.